The third-order valence-corrected chi connectivity index (χ3v) is 7.82. The van der Waals surface area contributed by atoms with Gasteiger partial charge in [0.05, 0.1) is 21.7 Å². The van der Waals surface area contributed by atoms with Crippen LogP contribution in [0, 0.1) is 6.92 Å². The molecule has 112 valence electrons. The van der Waals surface area contributed by atoms with E-state index in [9.17, 15) is 16.8 Å². The lowest BCUT2D eigenvalue weighted by Gasteiger charge is -2.24. The van der Waals surface area contributed by atoms with Crippen LogP contribution in [-0.2, 0) is 19.7 Å². The molecule has 1 heterocycles. The smallest absolute Gasteiger partial charge is 0.183 e. The second kappa shape index (κ2) is 5.13. The summed E-state index contributed by atoms with van der Waals surface area (Å²) in [5.74, 6) is -0.401. The van der Waals surface area contributed by atoms with Gasteiger partial charge >= 0.3 is 0 Å². The van der Waals surface area contributed by atoms with Crippen LogP contribution in [-0.4, -0.2) is 58.6 Å². The predicted molar refractivity (Wildman–Crippen MR) is 78.3 cm³/mol. The van der Waals surface area contributed by atoms with Gasteiger partial charge in [0.15, 0.2) is 19.7 Å². The highest BCUT2D eigenvalue weighted by atomic mass is 32.2. The normalized spacial score (nSPS) is 26.0. The van der Waals surface area contributed by atoms with Gasteiger partial charge in [0, 0.05) is 6.04 Å². The molecule has 2 atom stereocenters. The van der Waals surface area contributed by atoms with Gasteiger partial charge in [-0.3, -0.25) is 0 Å². The summed E-state index contributed by atoms with van der Waals surface area (Å²) >= 11 is 0. The van der Waals surface area contributed by atoms with E-state index in [1.54, 1.807) is 43.3 Å². The van der Waals surface area contributed by atoms with Gasteiger partial charge < -0.3 is 4.90 Å². The molecule has 0 bridgehead atoms. The molecule has 5 nitrogen and oxygen atoms in total. The molecule has 0 spiro atoms. The number of benzene rings is 1. The Kier molecular flexibility index (Phi) is 3.96. The molecule has 1 aliphatic heterocycles. The monoisotopic (exact) mass is 317 g/mol. The van der Waals surface area contributed by atoms with Gasteiger partial charge in [-0.2, -0.15) is 0 Å². The molecule has 0 amide bonds. The molecule has 0 aliphatic carbocycles. The third kappa shape index (κ3) is 2.89. The molecular formula is C13H19NO4S2. The highest BCUT2D eigenvalue weighted by molar-refractivity contribution is 7.96. The first-order chi connectivity index (χ1) is 9.13. The Bertz CT molecular complexity index is 690. The lowest BCUT2D eigenvalue weighted by Crippen LogP contribution is -2.42. The lowest BCUT2D eigenvalue weighted by molar-refractivity contribution is 0.319. The van der Waals surface area contributed by atoms with Crippen molar-refractivity contribution in [2.45, 2.75) is 23.1 Å². The molecule has 0 unspecified atom stereocenters. The maximum absolute atomic E-state index is 12.7. The fourth-order valence-corrected chi connectivity index (χ4v) is 7.47. The zero-order valence-electron chi connectivity index (χ0n) is 11.8. The average molecular weight is 317 g/mol. The summed E-state index contributed by atoms with van der Waals surface area (Å²) in [6.45, 7) is 1.87. The van der Waals surface area contributed by atoms with Crippen LogP contribution >= 0.6 is 0 Å². The van der Waals surface area contributed by atoms with E-state index in [4.69, 9.17) is 0 Å². The molecule has 0 N–H and O–H groups in total. The zero-order valence-corrected chi connectivity index (χ0v) is 13.4. The van der Waals surface area contributed by atoms with Crippen molar-refractivity contribution >= 4 is 19.7 Å². The first-order valence-corrected chi connectivity index (χ1v) is 9.68. The van der Waals surface area contributed by atoms with Crippen molar-refractivity contribution in [2.24, 2.45) is 0 Å². The average Bonchev–Trinajstić information content (AvgIpc) is 2.67. The number of aryl methyl sites for hydroxylation is 1. The molecule has 20 heavy (non-hydrogen) atoms. The molecule has 1 fully saturated rings. The van der Waals surface area contributed by atoms with E-state index in [0.717, 1.165) is 5.56 Å². The maximum atomic E-state index is 12.7. The van der Waals surface area contributed by atoms with Crippen LogP contribution < -0.4 is 0 Å². The summed E-state index contributed by atoms with van der Waals surface area (Å²) in [5.41, 5.74) is 0.965. The van der Waals surface area contributed by atoms with Crippen LogP contribution in [0.15, 0.2) is 29.2 Å². The Labute approximate surface area is 120 Å². The quantitative estimate of drug-likeness (QED) is 0.811. The molecule has 7 heteroatoms. The van der Waals surface area contributed by atoms with Crippen molar-refractivity contribution in [1.29, 1.82) is 0 Å². The van der Waals surface area contributed by atoms with Crippen molar-refractivity contribution in [3.05, 3.63) is 29.8 Å². The number of nitrogens with zero attached hydrogens (tertiary/aromatic N) is 1. The first-order valence-electron chi connectivity index (χ1n) is 6.31. The number of hydrogen-bond donors (Lipinski definition) is 0. The minimum absolute atomic E-state index is 0.101. The summed E-state index contributed by atoms with van der Waals surface area (Å²) in [6.07, 6.45) is 0. The number of sulfone groups is 2. The molecule has 1 aromatic rings. The van der Waals surface area contributed by atoms with Crippen molar-refractivity contribution < 1.29 is 16.8 Å². The standard InChI is InChI=1S/C13H19NO4S2/c1-10-4-6-11(7-5-10)20(17,18)13-9-19(15,16)8-12(13)14(2)3/h4-7,12-13H,8-9H2,1-3H3/t12-,13-/m1/s1. The largest absolute Gasteiger partial charge is 0.304 e. The van der Waals surface area contributed by atoms with Crippen molar-refractivity contribution in [3.63, 3.8) is 0 Å². The maximum Gasteiger partial charge on any atom is 0.183 e. The highest BCUT2D eigenvalue weighted by Crippen LogP contribution is 2.28. The van der Waals surface area contributed by atoms with E-state index in [1.807, 2.05) is 6.92 Å². The van der Waals surface area contributed by atoms with Crippen LogP contribution in [0.2, 0.25) is 0 Å². The van der Waals surface area contributed by atoms with E-state index < -0.39 is 31.0 Å². The van der Waals surface area contributed by atoms with Gasteiger partial charge in [0.25, 0.3) is 0 Å². The number of hydrogen-bond acceptors (Lipinski definition) is 5. The second-order valence-corrected chi connectivity index (χ2v) is 9.83. The first kappa shape index (κ1) is 15.5. The fourth-order valence-electron chi connectivity index (χ4n) is 2.48. The summed E-state index contributed by atoms with van der Waals surface area (Å²) in [6, 6.07) is 6.04. The summed E-state index contributed by atoms with van der Waals surface area (Å²) in [7, 11) is -3.53. The van der Waals surface area contributed by atoms with Gasteiger partial charge in [0.1, 0.15) is 0 Å². The SMILES string of the molecule is Cc1ccc(S(=O)(=O)[C@@H]2CS(=O)(=O)C[C@H]2N(C)C)cc1. The highest BCUT2D eigenvalue weighted by Gasteiger charge is 2.46. The Morgan fingerprint density at radius 2 is 1.65 bits per heavy atom. The van der Waals surface area contributed by atoms with Crippen LogP contribution in [0.1, 0.15) is 5.56 Å². The van der Waals surface area contributed by atoms with Gasteiger partial charge in [-0.15, -0.1) is 0 Å². The zero-order chi connectivity index (χ0) is 15.1. The minimum atomic E-state index is -3.64. The fraction of sp³-hybridized carbons (Fsp3) is 0.538. The van der Waals surface area contributed by atoms with E-state index in [1.165, 1.54) is 0 Å². The Hall–Kier alpha value is -0.920. The lowest BCUT2D eigenvalue weighted by atomic mass is 10.2. The van der Waals surface area contributed by atoms with Gasteiger partial charge in [0.2, 0.25) is 0 Å². The molecule has 0 aromatic heterocycles. The van der Waals surface area contributed by atoms with E-state index in [2.05, 4.69) is 0 Å². The van der Waals surface area contributed by atoms with Crippen LogP contribution in [0.3, 0.4) is 0 Å². The van der Waals surface area contributed by atoms with Crippen LogP contribution in [0.5, 0.6) is 0 Å². The molecule has 0 saturated carbocycles. The Morgan fingerprint density at radius 3 is 2.15 bits per heavy atom. The van der Waals surface area contributed by atoms with Crippen molar-refractivity contribution in [2.75, 3.05) is 25.6 Å². The molecule has 1 aromatic carbocycles. The van der Waals surface area contributed by atoms with Gasteiger partial charge in [-0.25, -0.2) is 16.8 Å². The van der Waals surface area contributed by atoms with E-state index >= 15 is 0 Å². The van der Waals surface area contributed by atoms with Crippen LogP contribution in [0.25, 0.3) is 0 Å². The topological polar surface area (TPSA) is 71.5 Å². The summed E-state index contributed by atoms with van der Waals surface area (Å²) in [5, 5.41) is -0.898. The van der Waals surface area contributed by atoms with Crippen LogP contribution in [0.4, 0.5) is 0 Å². The summed E-state index contributed by atoms with van der Waals surface area (Å²) < 4.78 is 48.9. The van der Waals surface area contributed by atoms with Gasteiger partial charge in [-0.05, 0) is 33.2 Å². The predicted octanol–water partition coefficient (Wildman–Crippen LogP) is 0.496. The number of rotatable bonds is 3. The van der Waals surface area contributed by atoms with Crippen molar-refractivity contribution in [3.8, 4) is 0 Å². The van der Waals surface area contributed by atoms with E-state index in [0.29, 0.717) is 0 Å². The van der Waals surface area contributed by atoms with E-state index in [-0.39, 0.29) is 16.4 Å². The molecular weight excluding hydrogens is 298 g/mol. The second-order valence-electron chi connectivity index (χ2n) is 5.50. The Morgan fingerprint density at radius 1 is 1.10 bits per heavy atom. The molecule has 1 aliphatic rings. The Balaban J connectivity index is 2.45. The molecule has 1 saturated heterocycles. The van der Waals surface area contributed by atoms with Gasteiger partial charge in [-0.1, -0.05) is 17.7 Å². The van der Waals surface area contributed by atoms with Crippen molar-refractivity contribution in [1.82, 2.24) is 4.90 Å². The summed E-state index contributed by atoms with van der Waals surface area (Å²) in [4.78, 5) is 1.87. The molecule has 2 rings (SSSR count). The molecule has 0 radical (unpaired) electrons. The third-order valence-electron chi connectivity index (χ3n) is 3.68. The minimum Gasteiger partial charge on any atom is -0.304 e.